The Morgan fingerprint density at radius 1 is 1.21 bits per heavy atom. The van der Waals surface area contributed by atoms with E-state index in [-0.39, 0.29) is 37.0 Å². The molecule has 0 unspecified atom stereocenters. The van der Waals surface area contributed by atoms with Crippen molar-refractivity contribution >= 4 is 17.7 Å². The van der Waals surface area contributed by atoms with Crippen molar-refractivity contribution in [3.05, 3.63) is 35.9 Å². The molecular formula is C18H21NO5. The number of carboxylic acid groups (broad SMARTS) is 1. The number of amides is 1. The second-order valence-electron chi connectivity index (χ2n) is 6.55. The first-order valence-corrected chi connectivity index (χ1v) is 8.20. The van der Waals surface area contributed by atoms with Crippen LogP contribution in [0.4, 0.5) is 0 Å². The van der Waals surface area contributed by atoms with E-state index in [1.807, 2.05) is 6.07 Å². The minimum absolute atomic E-state index is 0.0724. The van der Waals surface area contributed by atoms with Gasteiger partial charge < -0.3 is 14.7 Å². The Hall–Kier alpha value is -2.21. The fourth-order valence-electron chi connectivity index (χ4n) is 3.64. The lowest BCUT2D eigenvalue weighted by Crippen LogP contribution is -2.45. The van der Waals surface area contributed by atoms with Gasteiger partial charge in [-0.25, -0.2) is 0 Å². The molecule has 24 heavy (non-hydrogen) atoms. The number of carbonyl (C=O) groups is 3. The van der Waals surface area contributed by atoms with Gasteiger partial charge in [0.15, 0.2) is 5.78 Å². The van der Waals surface area contributed by atoms with Crippen molar-refractivity contribution in [3.8, 4) is 0 Å². The van der Waals surface area contributed by atoms with Gasteiger partial charge >= 0.3 is 5.97 Å². The molecule has 128 valence electrons. The summed E-state index contributed by atoms with van der Waals surface area (Å²) in [4.78, 5) is 37.8. The molecule has 1 aromatic carbocycles. The molecule has 0 saturated carbocycles. The molecule has 0 aliphatic carbocycles. The first-order chi connectivity index (χ1) is 11.5. The predicted molar refractivity (Wildman–Crippen MR) is 85.6 cm³/mol. The van der Waals surface area contributed by atoms with E-state index in [1.54, 1.807) is 29.2 Å². The lowest BCUT2D eigenvalue weighted by Gasteiger charge is -2.33. The highest BCUT2D eigenvalue weighted by Crippen LogP contribution is 2.42. The van der Waals surface area contributed by atoms with Crippen LogP contribution >= 0.6 is 0 Å². The lowest BCUT2D eigenvalue weighted by molar-refractivity contribution is -0.157. The highest BCUT2D eigenvalue weighted by Gasteiger charge is 2.54. The van der Waals surface area contributed by atoms with Gasteiger partial charge in [-0.05, 0) is 6.42 Å². The number of ether oxygens (including phenoxy) is 1. The number of benzene rings is 1. The number of hydrogen-bond donors (Lipinski definition) is 1. The molecule has 6 heteroatoms. The standard InChI is InChI=1S/C18H21NO5/c20-15(13-4-2-1-3-5-13)6-7-16(21)19-10-14-11-24-9-8-18(14,12-19)17(22)23/h1-5,14H,6-12H2,(H,22,23)/t14-,18+/m0/s1. The van der Waals surface area contributed by atoms with Gasteiger partial charge in [0, 0.05) is 44.0 Å². The number of ketones is 1. The molecule has 2 aliphatic heterocycles. The zero-order chi connectivity index (χ0) is 17.2. The molecule has 2 aliphatic rings. The third-order valence-corrected chi connectivity index (χ3v) is 5.15. The first kappa shape index (κ1) is 16.6. The Bertz CT molecular complexity index is 644. The van der Waals surface area contributed by atoms with Crippen molar-refractivity contribution in [1.29, 1.82) is 0 Å². The van der Waals surface area contributed by atoms with Crippen LogP contribution in [0.15, 0.2) is 30.3 Å². The SMILES string of the molecule is O=C(CCC(=O)N1C[C@H]2COCC[C@@]2(C(=O)O)C1)c1ccccc1. The molecule has 3 rings (SSSR count). The number of rotatable bonds is 5. The molecule has 1 amide bonds. The van der Waals surface area contributed by atoms with E-state index in [4.69, 9.17) is 4.74 Å². The van der Waals surface area contributed by atoms with Gasteiger partial charge in [0.25, 0.3) is 0 Å². The van der Waals surface area contributed by atoms with Crippen LogP contribution in [0.2, 0.25) is 0 Å². The van der Waals surface area contributed by atoms with Crippen LogP contribution in [-0.4, -0.2) is 54.0 Å². The third-order valence-electron chi connectivity index (χ3n) is 5.15. The van der Waals surface area contributed by atoms with Crippen LogP contribution in [0.1, 0.15) is 29.6 Å². The number of aliphatic carboxylic acids is 1. The van der Waals surface area contributed by atoms with Crippen LogP contribution in [-0.2, 0) is 14.3 Å². The Balaban J connectivity index is 1.60. The Morgan fingerprint density at radius 2 is 1.96 bits per heavy atom. The first-order valence-electron chi connectivity index (χ1n) is 8.20. The second-order valence-corrected chi connectivity index (χ2v) is 6.55. The summed E-state index contributed by atoms with van der Waals surface area (Å²) >= 11 is 0. The summed E-state index contributed by atoms with van der Waals surface area (Å²) in [6.07, 6.45) is 0.678. The minimum Gasteiger partial charge on any atom is -0.481 e. The van der Waals surface area contributed by atoms with E-state index in [0.717, 1.165) is 0 Å². The van der Waals surface area contributed by atoms with E-state index >= 15 is 0 Å². The topological polar surface area (TPSA) is 83.9 Å². The summed E-state index contributed by atoms with van der Waals surface area (Å²) in [5, 5.41) is 9.62. The van der Waals surface area contributed by atoms with Crippen molar-refractivity contribution < 1.29 is 24.2 Å². The largest absolute Gasteiger partial charge is 0.481 e. The number of nitrogens with zero attached hydrogens (tertiary/aromatic N) is 1. The summed E-state index contributed by atoms with van der Waals surface area (Å²) in [6.45, 7) is 1.40. The second kappa shape index (κ2) is 6.73. The Morgan fingerprint density at radius 3 is 2.62 bits per heavy atom. The summed E-state index contributed by atoms with van der Waals surface area (Å²) in [6, 6.07) is 8.87. The van der Waals surface area contributed by atoms with Crippen LogP contribution < -0.4 is 0 Å². The van der Waals surface area contributed by atoms with E-state index in [0.29, 0.717) is 31.7 Å². The van der Waals surface area contributed by atoms with Gasteiger partial charge in [-0.3, -0.25) is 14.4 Å². The molecule has 1 N–H and O–H groups in total. The maximum atomic E-state index is 12.4. The number of carboxylic acids is 1. The molecule has 1 aromatic rings. The molecule has 2 heterocycles. The number of Topliss-reactive ketones (excluding diaryl/α,β-unsaturated/α-hetero) is 1. The highest BCUT2D eigenvalue weighted by atomic mass is 16.5. The quantitative estimate of drug-likeness (QED) is 0.829. The van der Waals surface area contributed by atoms with Crippen LogP contribution in [0.5, 0.6) is 0 Å². The highest BCUT2D eigenvalue weighted by molar-refractivity contribution is 5.98. The Labute approximate surface area is 140 Å². The average Bonchev–Trinajstić information content (AvgIpc) is 3.01. The van der Waals surface area contributed by atoms with Crippen molar-refractivity contribution in [2.45, 2.75) is 19.3 Å². The number of likely N-dealkylation sites (tertiary alicyclic amines) is 1. The van der Waals surface area contributed by atoms with Crippen LogP contribution in [0.3, 0.4) is 0 Å². The zero-order valence-corrected chi connectivity index (χ0v) is 13.4. The fourth-order valence-corrected chi connectivity index (χ4v) is 3.64. The third kappa shape index (κ3) is 3.06. The van der Waals surface area contributed by atoms with Crippen LogP contribution in [0.25, 0.3) is 0 Å². The molecular weight excluding hydrogens is 310 g/mol. The lowest BCUT2D eigenvalue weighted by atomic mass is 9.74. The maximum Gasteiger partial charge on any atom is 0.311 e. The van der Waals surface area contributed by atoms with Gasteiger partial charge in [0.2, 0.25) is 5.91 Å². The van der Waals surface area contributed by atoms with Crippen molar-refractivity contribution in [2.75, 3.05) is 26.3 Å². The molecule has 2 atom stereocenters. The zero-order valence-electron chi connectivity index (χ0n) is 13.4. The van der Waals surface area contributed by atoms with E-state index < -0.39 is 11.4 Å². The van der Waals surface area contributed by atoms with Gasteiger partial charge in [-0.15, -0.1) is 0 Å². The fraction of sp³-hybridized carbons (Fsp3) is 0.500. The Kier molecular flexibility index (Phi) is 4.66. The molecule has 0 aromatic heterocycles. The molecule has 2 fully saturated rings. The summed E-state index contributed by atoms with van der Waals surface area (Å²) < 4.78 is 5.39. The van der Waals surface area contributed by atoms with Gasteiger partial charge in [-0.1, -0.05) is 30.3 Å². The normalized spacial score (nSPS) is 26.0. The van der Waals surface area contributed by atoms with Crippen LogP contribution in [0, 0.1) is 11.3 Å². The summed E-state index contributed by atoms with van der Waals surface area (Å²) in [7, 11) is 0. The molecule has 0 spiro atoms. The number of hydrogen-bond acceptors (Lipinski definition) is 4. The summed E-state index contributed by atoms with van der Waals surface area (Å²) in [5.74, 6) is -1.25. The maximum absolute atomic E-state index is 12.4. The van der Waals surface area contributed by atoms with Crippen molar-refractivity contribution in [3.63, 3.8) is 0 Å². The molecule has 0 bridgehead atoms. The van der Waals surface area contributed by atoms with E-state index in [2.05, 4.69) is 0 Å². The van der Waals surface area contributed by atoms with Crippen molar-refractivity contribution in [1.82, 2.24) is 4.90 Å². The average molecular weight is 331 g/mol. The van der Waals surface area contributed by atoms with Crippen molar-refractivity contribution in [2.24, 2.45) is 11.3 Å². The summed E-state index contributed by atoms with van der Waals surface area (Å²) in [5.41, 5.74) is -0.298. The van der Waals surface area contributed by atoms with Gasteiger partial charge in [0.05, 0.1) is 12.0 Å². The minimum atomic E-state index is -0.892. The van der Waals surface area contributed by atoms with E-state index in [9.17, 15) is 19.5 Å². The van der Waals surface area contributed by atoms with Gasteiger partial charge in [-0.2, -0.15) is 0 Å². The number of carbonyl (C=O) groups excluding carboxylic acids is 2. The van der Waals surface area contributed by atoms with Gasteiger partial charge in [0.1, 0.15) is 0 Å². The molecule has 2 saturated heterocycles. The molecule has 0 radical (unpaired) electrons. The monoisotopic (exact) mass is 331 g/mol. The predicted octanol–water partition coefficient (Wildman–Crippen LogP) is 1.60. The molecule has 6 nitrogen and oxygen atoms in total. The smallest absolute Gasteiger partial charge is 0.311 e. The van der Waals surface area contributed by atoms with E-state index in [1.165, 1.54) is 0 Å². The number of fused-ring (bicyclic) bond motifs is 1.